The van der Waals surface area contributed by atoms with Crippen molar-refractivity contribution >= 4 is 22.2 Å². The molecule has 0 radical (unpaired) electrons. The number of pyridine rings is 1. The molecule has 2 heterocycles. The van der Waals surface area contributed by atoms with Crippen molar-refractivity contribution in [2.24, 2.45) is 5.73 Å². The molecule has 3 aromatic rings. The molecular formula is C14H13N3S. The van der Waals surface area contributed by atoms with Crippen LogP contribution in [0.4, 0.5) is 0 Å². The quantitative estimate of drug-likeness (QED) is 0.765. The van der Waals surface area contributed by atoms with Gasteiger partial charge in [-0.15, -0.1) is 11.3 Å². The molecule has 0 aliphatic heterocycles. The lowest BCUT2D eigenvalue weighted by Gasteiger charge is -2.10. The zero-order valence-electron chi connectivity index (χ0n) is 10.00. The second kappa shape index (κ2) is 4.48. The van der Waals surface area contributed by atoms with E-state index in [1.165, 1.54) is 0 Å². The van der Waals surface area contributed by atoms with E-state index in [1.807, 2.05) is 36.6 Å². The van der Waals surface area contributed by atoms with Crippen molar-refractivity contribution in [3.05, 3.63) is 58.2 Å². The molecule has 2 aromatic heterocycles. The maximum absolute atomic E-state index is 6.24. The molecule has 0 fully saturated rings. The number of nitrogens with zero attached hydrogens (tertiary/aromatic N) is 2. The molecule has 0 aliphatic rings. The Labute approximate surface area is 109 Å². The van der Waals surface area contributed by atoms with Gasteiger partial charge in [0, 0.05) is 17.0 Å². The molecule has 3 rings (SSSR count). The standard InChI is InChI=1S/C14H13N3S/c1-9-17-13(8-18-9)14(15)11-4-5-12-10(7-11)3-2-6-16-12/h2-8,14H,15H2,1H3. The molecule has 1 unspecified atom stereocenters. The number of nitrogens with two attached hydrogens (primary N) is 1. The van der Waals surface area contributed by atoms with Gasteiger partial charge in [0.2, 0.25) is 0 Å². The molecule has 0 spiro atoms. The maximum Gasteiger partial charge on any atom is 0.0898 e. The zero-order chi connectivity index (χ0) is 12.5. The number of rotatable bonds is 2. The van der Waals surface area contributed by atoms with Crippen molar-refractivity contribution < 1.29 is 0 Å². The van der Waals surface area contributed by atoms with Crippen LogP contribution in [0, 0.1) is 6.92 Å². The molecule has 0 saturated heterocycles. The molecule has 2 N–H and O–H groups in total. The first-order valence-electron chi connectivity index (χ1n) is 5.76. The smallest absolute Gasteiger partial charge is 0.0898 e. The van der Waals surface area contributed by atoms with Crippen molar-refractivity contribution in [1.82, 2.24) is 9.97 Å². The molecule has 3 nitrogen and oxygen atoms in total. The number of hydrogen-bond acceptors (Lipinski definition) is 4. The van der Waals surface area contributed by atoms with Gasteiger partial charge in [0.25, 0.3) is 0 Å². The number of hydrogen-bond donors (Lipinski definition) is 1. The molecule has 18 heavy (non-hydrogen) atoms. The summed E-state index contributed by atoms with van der Waals surface area (Å²) in [6.07, 6.45) is 1.80. The Balaban J connectivity index is 2.03. The monoisotopic (exact) mass is 255 g/mol. The van der Waals surface area contributed by atoms with Crippen LogP contribution >= 0.6 is 11.3 Å². The fraction of sp³-hybridized carbons (Fsp3) is 0.143. The lowest BCUT2D eigenvalue weighted by Crippen LogP contribution is -2.12. The average Bonchev–Trinajstić information content (AvgIpc) is 2.84. The van der Waals surface area contributed by atoms with E-state index in [4.69, 9.17) is 5.73 Å². The Bertz CT molecular complexity index is 690. The van der Waals surface area contributed by atoms with Gasteiger partial charge in [0.15, 0.2) is 0 Å². The van der Waals surface area contributed by atoms with Crippen LogP contribution in [0.5, 0.6) is 0 Å². The molecule has 0 saturated carbocycles. The van der Waals surface area contributed by atoms with Crippen molar-refractivity contribution in [2.75, 3.05) is 0 Å². The summed E-state index contributed by atoms with van der Waals surface area (Å²) in [5.41, 5.74) is 9.23. The minimum absolute atomic E-state index is 0.167. The second-order valence-electron chi connectivity index (χ2n) is 4.22. The van der Waals surface area contributed by atoms with Gasteiger partial charge in [-0.3, -0.25) is 4.98 Å². The third kappa shape index (κ3) is 2.00. The van der Waals surface area contributed by atoms with Gasteiger partial charge in [-0.2, -0.15) is 0 Å². The predicted molar refractivity (Wildman–Crippen MR) is 74.6 cm³/mol. The maximum atomic E-state index is 6.24. The average molecular weight is 255 g/mol. The topological polar surface area (TPSA) is 51.8 Å². The van der Waals surface area contributed by atoms with E-state index in [2.05, 4.69) is 16.0 Å². The van der Waals surface area contributed by atoms with Crippen molar-refractivity contribution in [3.63, 3.8) is 0 Å². The molecular weight excluding hydrogens is 242 g/mol. The van der Waals surface area contributed by atoms with E-state index in [9.17, 15) is 0 Å². The van der Waals surface area contributed by atoms with Crippen LogP contribution in [0.3, 0.4) is 0 Å². The van der Waals surface area contributed by atoms with Crippen LogP contribution in [0.2, 0.25) is 0 Å². The molecule has 0 amide bonds. The Kier molecular flexibility index (Phi) is 2.81. The number of fused-ring (bicyclic) bond motifs is 1. The highest BCUT2D eigenvalue weighted by Crippen LogP contribution is 2.23. The van der Waals surface area contributed by atoms with E-state index in [1.54, 1.807) is 17.5 Å². The highest BCUT2D eigenvalue weighted by Gasteiger charge is 2.12. The Hall–Kier alpha value is -1.78. The van der Waals surface area contributed by atoms with Crippen LogP contribution in [0.1, 0.15) is 22.3 Å². The van der Waals surface area contributed by atoms with E-state index in [0.29, 0.717) is 0 Å². The van der Waals surface area contributed by atoms with Crippen molar-refractivity contribution in [1.29, 1.82) is 0 Å². The van der Waals surface area contributed by atoms with Crippen LogP contribution in [0.25, 0.3) is 10.9 Å². The number of aryl methyl sites for hydroxylation is 1. The lowest BCUT2D eigenvalue weighted by molar-refractivity contribution is 0.836. The summed E-state index contributed by atoms with van der Waals surface area (Å²) < 4.78 is 0. The molecule has 1 atom stereocenters. The van der Waals surface area contributed by atoms with Gasteiger partial charge < -0.3 is 5.73 Å². The summed E-state index contributed by atoms with van der Waals surface area (Å²) in [6.45, 7) is 1.99. The van der Waals surface area contributed by atoms with E-state index < -0.39 is 0 Å². The molecule has 1 aromatic carbocycles. The Morgan fingerprint density at radius 2 is 2.17 bits per heavy atom. The highest BCUT2D eigenvalue weighted by atomic mass is 32.1. The minimum Gasteiger partial charge on any atom is -0.319 e. The third-order valence-corrected chi connectivity index (χ3v) is 3.73. The largest absolute Gasteiger partial charge is 0.319 e. The van der Waals surface area contributed by atoms with Crippen LogP contribution in [-0.2, 0) is 0 Å². The lowest BCUT2D eigenvalue weighted by atomic mass is 10.0. The van der Waals surface area contributed by atoms with Crippen molar-refractivity contribution in [2.45, 2.75) is 13.0 Å². The fourth-order valence-electron chi connectivity index (χ4n) is 1.98. The van der Waals surface area contributed by atoms with E-state index in [-0.39, 0.29) is 6.04 Å². The zero-order valence-corrected chi connectivity index (χ0v) is 10.8. The van der Waals surface area contributed by atoms with E-state index >= 15 is 0 Å². The molecule has 0 bridgehead atoms. The first-order valence-corrected chi connectivity index (χ1v) is 6.64. The van der Waals surface area contributed by atoms with Gasteiger partial charge in [-0.25, -0.2) is 4.98 Å². The predicted octanol–water partition coefficient (Wildman–Crippen LogP) is 3.05. The molecule has 4 heteroatoms. The SMILES string of the molecule is Cc1nc(C(N)c2ccc3ncccc3c2)cs1. The molecule has 90 valence electrons. The summed E-state index contributed by atoms with van der Waals surface area (Å²) >= 11 is 1.63. The minimum atomic E-state index is -0.167. The second-order valence-corrected chi connectivity index (χ2v) is 5.29. The van der Waals surface area contributed by atoms with Gasteiger partial charge in [-0.05, 0) is 30.7 Å². The van der Waals surface area contributed by atoms with Crippen LogP contribution < -0.4 is 5.73 Å². The van der Waals surface area contributed by atoms with Crippen LogP contribution in [-0.4, -0.2) is 9.97 Å². The van der Waals surface area contributed by atoms with Gasteiger partial charge in [0.05, 0.1) is 22.3 Å². The third-order valence-electron chi connectivity index (χ3n) is 2.94. The number of thiazole rings is 1. The fourth-order valence-corrected chi connectivity index (χ4v) is 2.63. The Morgan fingerprint density at radius 1 is 1.28 bits per heavy atom. The number of benzene rings is 1. The van der Waals surface area contributed by atoms with Gasteiger partial charge in [-0.1, -0.05) is 12.1 Å². The summed E-state index contributed by atoms with van der Waals surface area (Å²) in [5, 5.41) is 4.17. The summed E-state index contributed by atoms with van der Waals surface area (Å²) in [7, 11) is 0. The van der Waals surface area contributed by atoms with Crippen LogP contribution in [0.15, 0.2) is 41.9 Å². The first-order chi connectivity index (χ1) is 8.74. The van der Waals surface area contributed by atoms with E-state index in [0.717, 1.165) is 27.2 Å². The molecule has 0 aliphatic carbocycles. The van der Waals surface area contributed by atoms with Crippen molar-refractivity contribution in [3.8, 4) is 0 Å². The summed E-state index contributed by atoms with van der Waals surface area (Å²) in [6, 6.07) is 9.93. The highest BCUT2D eigenvalue weighted by molar-refractivity contribution is 7.09. The summed E-state index contributed by atoms with van der Waals surface area (Å²) in [4.78, 5) is 8.75. The summed E-state index contributed by atoms with van der Waals surface area (Å²) in [5.74, 6) is 0. The Morgan fingerprint density at radius 3 is 2.94 bits per heavy atom. The first kappa shape index (κ1) is 11.3. The normalized spacial score (nSPS) is 12.8. The van der Waals surface area contributed by atoms with Gasteiger partial charge >= 0.3 is 0 Å². The number of aromatic nitrogens is 2. The van der Waals surface area contributed by atoms with Gasteiger partial charge in [0.1, 0.15) is 0 Å².